The van der Waals surface area contributed by atoms with E-state index in [1.54, 1.807) is 0 Å². The van der Waals surface area contributed by atoms with Crippen molar-refractivity contribution >= 4 is 11.4 Å². The second kappa shape index (κ2) is 5.24. The number of hydrogen-bond acceptors (Lipinski definition) is 5. The van der Waals surface area contributed by atoms with Crippen LogP contribution in [0.1, 0.15) is 17.8 Å². The molecule has 0 unspecified atom stereocenters. The van der Waals surface area contributed by atoms with Crippen molar-refractivity contribution in [2.75, 3.05) is 6.61 Å². The smallest absolute Gasteiger partial charge is 0.0938 e. The van der Waals surface area contributed by atoms with Gasteiger partial charge in [-0.2, -0.15) is 5.10 Å². The van der Waals surface area contributed by atoms with Crippen molar-refractivity contribution in [3.63, 3.8) is 0 Å². The molecule has 3 heterocycles. The third-order valence-electron chi connectivity index (χ3n) is 6.87. The quantitative estimate of drug-likeness (QED) is 0.896. The average molecular weight is 344 g/mol. The van der Waals surface area contributed by atoms with E-state index in [0.29, 0.717) is 42.1 Å². The molecule has 2 aromatic rings. The van der Waals surface area contributed by atoms with Crippen LogP contribution in [0.25, 0.3) is 5.70 Å². The minimum absolute atomic E-state index is 0.297. The van der Waals surface area contributed by atoms with E-state index >= 15 is 0 Å². The van der Waals surface area contributed by atoms with E-state index in [0.717, 1.165) is 22.8 Å². The first-order valence-electron chi connectivity index (χ1n) is 9.40. The molecule has 6 rings (SSSR count). The lowest BCUT2D eigenvalue weighted by Crippen LogP contribution is -2.34. The minimum Gasteiger partial charge on any atom is -0.396 e. The summed E-state index contributed by atoms with van der Waals surface area (Å²) in [5, 5.41) is 14.6. The van der Waals surface area contributed by atoms with Crippen LogP contribution in [0.5, 0.6) is 0 Å². The summed E-state index contributed by atoms with van der Waals surface area (Å²) in [5.74, 6) is 3.15. The summed E-state index contributed by atoms with van der Waals surface area (Å²) in [5.41, 5.74) is 8.80. The van der Waals surface area contributed by atoms with Crippen LogP contribution in [0.3, 0.4) is 0 Å². The van der Waals surface area contributed by atoms with Crippen LogP contribution in [0.15, 0.2) is 59.5 Å². The second-order valence-corrected chi connectivity index (χ2v) is 7.85. The number of pyridine rings is 2. The molecule has 130 valence electrons. The van der Waals surface area contributed by atoms with E-state index < -0.39 is 0 Å². The van der Waals surface area contributed by atoms with Gasteiger partial charge < -0.3 is 5.11 Å². The molecule has 26 heavy (non-hydrogen) atoms. The van der Waals surface area contributed by atoms with Gasteiger partial charge in [0.2, 0.25) is 0 Å². The maximum absolute atomic E-state index is 9.79. The number of hydrogen-bond donors (Lipinski definition) is 2. The first-order chi connectivity index (χ1) is 12.9. The lowest BCUT2D eigenvalue weighted by Gasteiger charge is -2.31. The van der Waals surface area contributed by atoms with E-state index in [9.17, 15) is 5.11 Å². The molecule has 5 heteroatoms. The largest absolute Gasteiger partial charge is 0.396 e. The molecule has 4 aliphatic rings. The van der Waals surface area contributed by atoms with Gasteiger partial charge in [-0.05, 0) is 65.8 Å². The van der Waals surface area contributed by atoms with Crippen LogP contribution in [-0.2, 0) is 0 Å². The zero-order chi connectivity index (χ0) is 17.3. The molecule has 0 amide bonds. The van der Waals surface area contributed by atoms with Crippen molar-refractivity contribution in [2.45, 2.75) is 6.42 Å². The molecular formula is C21H20N4O. The van der Waals surface area contributed by atoms with Gasteiger partial charge in [0.05, 0.1) is 22.8 Å². The molecule has 5 nitrogen and oxygen atoms in total. The lowest BCUT2D eigenvalue weighted by molar-refractivity contribution is 0.244. The number of hydrazone groups is 1. The van der Waals surface area contributed by atoms with Crippen LogP contribution < -0.4 is 5.43 Å². The topological polar surface area (TPSA) is 70.4 Å². The predicted octanol–water partition coefficient (Wildman–Crippen LogP) is 2.32. The summed E-state index contributed by atoms with van der Waals surface area (Å²) < 4.78 is 0. The van der Waals surface area contributed by atoms with Crippen molar-refractivity contribution in [1.29, 1.82) is 0 Å². The highest BCUT2D eigenvalue weighted by molar-refractivity contribution is 6.05. The van der Waals surface area contributed by atoms with Gasteiger partial charge in [0.25, 0.3) is 0 Å². The minimum atomic E-state index is 0.297. The highest BCUT2D eigenvalue weighted by Gasteiger charge is 2.70. The molecule has 3 aliphatic carbocycles. The van der Waals surface area contributed by atoms with E-state index in [1.807, 2.05) is 48.8 Å². The molecule has 3 fully saturated rings. The molecule has 0 saturated heterocycles. The summed E-state index contributed by atoms with van der Waals surface area (Å²) in [6.45, 7) is 0.310. The Kier molecular flexibility index (Phi) is 2.95. The number of fused-ring (bicyclic) bond motifs is 8. The van der Waals surface area contributed by atoms with Crippen LogP contribution in [0, 0.1) is 35.5 Å². The Bertz CT molecular complexity index is 924. The molecule has 1 aliphatic heterocycles. The molecule has 2 N–H and O–H groups in total. The van der Waals surface area contributed by atoms with Crippen LogP contribution in [0.2, 0.25) is 0 Å². The Balaban J connectivity index is 1.50. The van der Waals surface area contributed by atoms with E-state index in [2.05, 4.69) is 15.4 Å². The summed E-state index contributed by atoms with van der Waals surface area (Å²) in [4.78, 5) is 9.13. The van der Waals surface area contributed by atoms with E-state index in [4.69, 9.17) is 5.10 Å². The first kappa shape index (κ1) is 14.6. The molecule has 2 bridgehead atoms. The Hall–Kier alpha value is -2.53. The fraction of sp³-hybridized carbons (Fsp3) is 0.381. The zero-order valence-electron chi connectivity index (χ0n) is 14.3. The normalized spacial score (nSPS) is 36.3. The molecule has 0 radical (unpaired) electrons. The number of rotatable bonds is 3. The number of nitrogens with zero attached hydrogens (tertiary/aromatic N) is 3. The summed E-state index contributed by atoms with van der Waals surface area (Å²) >= 11 is 0. The first-order valence-corrected chi connectivity index (χ1v) is 9.40. The molecule has 2 aromatic heterocycles. The van der Waals surface area contributed by atoms with Crippen LogP contribution in [0.4, 0.5) is 0 Å². The van der Waals surface area contributed by atoms with Gasteiger partial charge in [-0.15, -0.1) is 0 Å². The highest BCUT2D eigenvalue weighted by atomic mass is 16.3. The van der Waals surface area contributed by atoms with E-state index in [1.165, 1.54) is 12.0 Å². The Morgan fingerprint density at radius 1 is 1.00 bits per heavy atom. The Morgan fingerprint density at radius 2 is 1.77 bits per heavy atom. The second-order valence-electron chi connectivity index (χ2n) is 7.85. The zero-order valence-corrected chi connectivity index (χ0v) is 14.3. The Morgan fingerprint density at radius 3 is 2.46 bits per heavy atom. The third kappa shape index (κ3) is 1.81. The molecule has 6 atom stereocenters. The number of allylic oxidation sites excluding steroid dienone is 1. The van der Waals surface area contributed by atoms with Gasteiger partial charge in [-0.25, -0.2) is 0 Å². The number of aliphatic hydroxyl groups is 1. The average Bonchev–Trinajstić information content (AvgIpc) is 3.16. The fourth-order valence-corrected chi connectivity index (χ4v) is 5.99. The van der Waals surface area contributed by atoms with Crippen molar-refractivity contribution in [3.8, 4) is 0 Å². The van der Waals surface area contributed by atoms with Gasteiger partial charge in [-0.1, -0.05) is 12.1 Å². The summed E-state index contributed by atoms with van der Waals surface area (Å²) in [6, 6.07) is 12.0. The molecule has 3 saturated carbocycles. The molecule has 0 aromatic carbocycles. The highest BCUT2D eigenvalue weighted by Crippen LogP contribution is 2.73. The Labute approximate surface area is 151 Å². The van der Waals surface area contributed by atoms with Crippen LogP contribution in [-0.4, -0.2) is 27.4 Å². The van der Waals surface area contributed by atoms with Crippen molar-refractivity contribution in [3.05, 3.63) is 65.8 Å². The van der Waals surface area contributed by atoms with Crippen molar-refractivity contribution in [2.24, 2.45) is 40.6 Å². The summed E-state index contributed by atoms with van der Waals surface area (Å²) in [7, 11) is 0. The summed E-state index contributed by atoms with van der Waals surface area (Å²) in [6.07, 6.45) is 4.87. The van der Waals surface area contributed by atoms with Gasteiger partial charge >= 0.3 is 0 Å². The number of nitrogens with one attached hydrogen (secondary N) is 1. The fourth-order valence-electron chi connectivity index (χ4n) is 5.99. The maximum atomic E-state index is 9.79. The van der Waals surface area contributed by atoms with Gasteiger partial charge in [0.1, 0.15) is 0 Å². The van der Waals surface area contributed by atoms with Crippen LogP contribution >= 0.6 is 0 Å². The monoisotopic (exact) mass is 344 g/mol. The SMILES string of the molecule is OC[C@H]1[C@H]2[C@H]3C[C@H](C4=C(c5ccccn5)NN=C(c5ccccn5)[C@@H]43)[C@@H]12. The van der Waals surface area contributed by atoms with Gasteiger partial charge in [-0.3, -0.25) is 15.4 Å². The number of aromatic nitrogens is 2. The third-order valence-corrected chi connectivity index (χ3v) is 6.87. The predicted molar refractivity (Wildman–Crippen MR) is 97.7 cm³/mol. The van der Waals surface area contributed by atoms with Crippen molar-refractivity contribution in [1.82, 2.24) is 15.4 Å². The molecular weight excluding hydrogens is 324 g/mol. The lowest BCUT2D eigenvalue weighted by atomic mass is 9.78. The van der Waals surface area contributed by atoms with Crippen molar-refractivity contribution < 1.29 is 5.11 Å². The van der Waals surface area contributed by atoms with Gasteiger partial charge in [0.15, 0.2) is 0 Å². The molecule has 0 spiro atoms. The van der Waals surface area contributed by atoms with E-state index in [-0.39, 0.29) is 0 Å². The number of aliphatic hydroxyl groups excluding tert-OH is 1. The van der Waals surface area contributed by atoms with Gasteiger partial charge in [0, 0.05) is 24.9 Å². The maximum Gasteiger partial charge on any atom is 0.0938 e. The standard InChI is InChI=1S/C21H20N4O/c26-10-13-16-11-9-12(17(13)16)19-18(11)20(14-5-1-3-7-22-14)24-25-21(19)15-6-2-4-8-23-15/h1-8,11-13,16-18,25-26H,9-10H2/t11-,12+,13+,16-,17+,18-/m1/s1.